The van der Waals surface area contributed by atoms with E-state index in [1.807, 2.05) is 6.92 Å². The lowest BCUT2D eigenvalue weighted by Gasteiger charge is -2.30. The van der Waals surface area contributed by atoms with E-state index in [2.05, 4.69) is 10.6 Å². The Morgan fingerprint density at radius 2 is 1.84 bits per heavy atom. The molecule has 3 rings (SSSR count). The molecule has 1 heterocycles. The van der Waals surface area contributed by atoms with Gasteiger partial charge in [0, 0.05) is 23.7 Å². The maximum Gasteiger partial charge on any atom is 0.251 e. The number of carbonyl (C=O) groups excluding carboxylic acids is 2. The lowest BCUT2D eigenvalue weighted by Crippen LogP contribution is -2.39. The highest BCUT2D eigenvalue weighted by Crippen LogP contribution is 2.25. The molecule has 0 spiro atoms. The summed E-state index contributed by atoms with van der Waals surface area (Å²) < 4.78 is 27.1. The molecule has 1 saturated heterocycles. The molecular formula is C21H23Cl2N3O4S. The Hall–Kier alpha value is -2.13. The zero-order valence-electron chi connectivity index (χ0n) is 16.9. The summed E-state index contributed by atoms with van der Waals surface area (Å²) in [6.07, 6.45) is 1.85. The quantitative estimate of drug-likeness (QED) is 0.653. The molecule has 2 aromatic carbocycles. The fraction of sp³-hybridized carbons (Fsp3) is 0.333. The third-order valence-electron chi connectivity index (χ3n) is 4.99. The number of anilines is 1. The second-order valence-corrected chi connectivity index (χ2v) is 10.3. The van der Waals surface area contributed by atoms with Gasteiger partial charge in [0.15, 0.2) is 0 Å². The van der Waals surface area contributed by atoms with E-state index in [9.17, 15) is 18.0 Å². The minimum atomic E-state index is -3.59. The Balaban J connectivity index is 1.59. The van der Waals surface area contributed by atoms with Crippen molar-refractivity contribution in [3.63, 3.8) is 0 Å². The zero-order chi connectivity index (χ0) is 22.6. The molecule has 0 saturated carbocycles. The maximum absolute atomic E-state index is 12.8. The number of nitrogens with one attached hydrogen (secondary N) is 2. The first-order valence-electron chi connectivity index (χ1n) is 9.80. The van der Waals surface area contributed by atoms with Crippen LogP contribution in [0.25, 0.3) is 0 Å². The van der Waals surface area contributed by atoms with Crippen molar-refractivity contribution in [2.45, 2.75) is 24.7 Å². The SMILES string of the molecule is CC1CCCN(S(=O)(=O)c2ccc(C(=O)NCC(=O)Nc3cc(Cl)ccc3Cl)cc2)C1. The number of sulfonamides is 1. The molecule has 1 aliphatic rings. The molecule has 1 unspecified atom stereocenters. The first-order chi connectivity index (χ1) is 14.7. The van der Waals surface area contributed by atoms with Gasteiger partial charge in [-0.25, -0.2) is 8.42 Å². The molecule has 2 aromatic rings. The Morgan fingerprint density at radius 1 is 1.13 bits per heavy atom. The van der Waals surface area contributed by atoms with Gasteiger partial charge in [0.1, 0.15) is 0 Å². The summed E-state index contributed by atoms with van der Waals surface area (Å²) in [6, 6.07) is 10.3. The number of carbonyl (C=O) groups is 2. The van der Waals surface area contributed by atoms with E-state index < -0.39 is 21.8 Å². The van der Waals surface area contributed by atoms with Gasteiger partial charge in [0.25, 0.3) is 5.91 Å². The summed E-state index contributed by atoms with van der Waals surface area (Å²) in [7, 11) is -3.59. The van der Waals surface area contributed by atoms with Crippen molar-refractivity contribution in [3.8, 4) is 0 Å². The highest BCUT2D eigenvalue weighted by molar-refractivity contribution is 7.89. The van der Waals surface area contributed by atoms with Crippen molar-refractivity contribution in [1.82, 2.24) is 9.62 Å². The Bertz CT molecular complexity index is 1070. The molecule has 2 amide bonds. The molecule has 0 aromatic heterocycles. The third kappa shape index (κ3) is 5.98. The first-order valence-corrected chi connectivity index (χ1v) is 12.0. The van der Waals surface area contributed by atoms with Gasteiger partial charge in [-0.15, -0.1) is 0 Å². The van der Waals surface area contributed by atoms with Crippen LogP contribution in [0.1, 0.15) is 30.1 Å². The lowest BCUT2D eigenvalue weighted by atomic mass is 10.0. The van der Waals surface area contributed by atoms with Crippen molar-refractivity contribution in [2.75, 3.05) is 25.0 Å². The van der Waals surface area contributed by atoms with Gasteiger partial charge >= 0.3 is 0 Å². The van der Waals surface area contributed by atoms with Crippen LogP contribution in [-0.2, 0) is 14.8 Å². The van der Waals surface area contributed by atoms with Crippen LogP contribution in [0.5, 0.6) is 0 Å². The van der Waals surface area contributed by atoms with Gasteiger partial charge in [-0.05, 0) is 61.2 Å². The lowest BCUT2D eigenvalue weighted by molar-refractivity contribution is -0.115. The van der Waals surface area contributed by atoms with Crippen molar-refractivity contribution >= 4 is 50.7 Å². The first kappa shape index (κ1) is 23.5. The molecule has 7 nitrogen and oxygen atoms in total. The van der Waals surface area contributed by atoms with Crippen LogP contribution < -0.4 is 10.6 Å². The summed E-state index contributed by atoms with van der Waals surface area (Å²) in [4.78, 5) is 24.6. The summed E-state index contributed by atoms with van der Waals surface area (Å²) >= 11 is 11.9. The topological polar surface area (TPSA) is 95.6 Å². The van der Waals surface area contributed by atoms with Gasteiger partial charge in [-0.2, -0.15) is 4.31 Å². The summed E-state index contributed by atoms with van der Waals surface area (Å²) in [5, 5.41) is 5.80. The normalized spacial score (nSPS) is 17.2. The Morgan fingerprint density at radius 3 is 2.52 bits per heavy atom. The summed E-state index contributed by atoms with van der Waals surface area (Å²) in [5.74, 6) is -0.652. The van der Waals surface area contributed by atoms with E-state index >= 15 is 0 Å². The second-order valence-electron chi connectivity index (χ2n) is 7.49. The second kappa shape index (κ2) is 9.99. The molecule has 2 N–H and O–H groups in total. The summed E-state index contributed by atoms with van der Waals surface area (Å²) in [6.45, 7) is 2.75. The van der Waals surface area contributed by atoms with Crippen molar-refractivity contribution in [2.24, 2.45) is 5.92 Å². The van der Waals surface area contributed by atoms with Crippen LogP contribution in [0.15, 0.2) is 47.4 Å². The van der Waals surface area contributed by atoms with Gasteiger partial charge in [-0.3, -0.25) is 9.59 Å². The molecule has 1 aliphatic heterocycles. The molecule has 10 heteroatoms. The number of benzene rings is 2. The Kier molecular flexibility index (Phi) is 7.59. The van der Waals surface area contributed by atoms with Gasteiger partial charge < -0.3 is 10.6 Å². The number of amides is 2. The van der Waals surface area contributed by atoms with Crippen LogP contribution in [0.4, 0.5) is 5.69 Å². The Labute approximate surface area is 191 Å². The largest absolute Gasteiger partial charge is 0.343 e. The number of halogens is 2. The molecular weight excluding hydrogens is 461 g/mol. The van der Waals surface area contributed by atoms with E-state index in [0.29, 0.717) is 34.7 Å². The fourth-order valence-electron chi connectivity index (χ4n) is 3.34. The predicted molar refractivity (Wildman–Crippen MR) is 121 cm³/mol. The number of hydrogen-bond acceptors (Lipinski definition) is 4. The van der Waals surface area contributed by atoms with Crippen LogP contribution in [0.2, 0.25) is 10.0 Å². The molecule has 0 radical (unpaired) electrons. The molecule has 1 atom stereocenters. The van der Waals surface area contributed by atoms with Crippen LogP contribution in [0.3, 0.4) is 0 Å². The van der Waals surface area contributed by atoms with Crippen LogP contribution in [0, 0.1) is 5.92 Å². The van der Waals surface area contributed by atoms with Crippen molar-refractivity contribution in [1.29, 1.82) is 0 Å². The van der Waals surface area contributed by atoms with Crippen LogP contribution in [-0.4, -0.2) is 44.2 Å². The standard InChI is InChI=1S/C21H23Cl2N3O4S/c1-14-3-2-10-26(13-14)31(29,30)17-7-4-15(5-8-17)21(28)24-12-20(27)25-19-11-16(22)6-9-18(19)23/h4-9,11,14H,2-3,10,12-13H2,1H3,(H,24,28)(H,25,27). The zero-order valence-corrected chi connectivity index (χ0v) is 19.2. The maximum atomic E-state index is 12.8. The van der Waals surface area contributed by atoms with Crippen molar-refractivity contribution < 1.29 is 18.0 Å². The number of hydrogen-bond donors (Lipinski definition) is 2. The number of piperidine rings is 1. The molecule has 1 fully saturated rings. The highest BCUT2D eigenvalue weighted by Gasteiger charge is 2.28. The van der Waals surface area contributed by atoms with E-state index in [0.717, 1.165) is 12.8 Å². The van der Waals surface area contributed by atoms with E-state index in [1.54, 1.807) is 12.1 Å². The third-order valence-corrected chi connectivity index (χ3v) is 7.43. The minimum absolute atomic E-state index is 0.145. The molecule has 31 heavy (non-hydrogen) atoms. The molecule has 0 bridgehead atoms. The van der Waals surface area contributed by atoms with Crippen LogP contribution >= 0.6 is 23.2 Å². The van der Waals surface area contributed by atoms with E-state index in [4.69, 9.17) is 23.2 Å². The fourth-order valence-corrected chi connectivity index (χ4v) is 5.28. The predicted octanol–water partition coefficient (Wildman–Crippen LogP) is 3.78. The molecule has 166 valence electrons. The number of nitrogens with zero attached hydrogens (tertiary/aromatic N) is 1. The molecule has 0 aliphatic carbocycles. The van der Waals surface area contributed by atoms with Gasteiger partial charge in [-0.1, -0.05) is 30.1 Å². The smallest absolute Gasteiger partial charge is 0.251 e. The van der Waals surface area contributed by atoms with E-state index in [-0.39, 0.29) is 17.0 Å². The van der Waals surface area contributed by atoms with E-state index in [1.165, 1.54) is 34.6 Å². The number of rotatable bonds is 6. The highest BCUT2D eigenvalue weighted by atomic mass is 35.5. The van der Waals surface area contributed by atoms with Gasteiger partial charge in [0.2, 0.25) is 15.9 Å². The monoisotopic (exact) mass is 483 g/mol. The minimum Gasteiger partial charge on any atom is -0.343 e. The summed E-state index contributed by atoms with van der Waals surface area (Å²) in [5.41, 5.74) is 0.592. The average Bonchev–Trinajstić information content (AvgIpc) is 2.74. The van der Waals surface area contributed by atoms with Crippen molar-refractivity contribution in [3.05, 3.63) is 58.1 Å². The van der Waals surface area contributed by atoms with Gasteiger partial charge in [0.05, 0.1) is 22.2 Å². The average molecular weight is 484 g/mol.